The molecule has 1 N–H and O–H groups in total. The van der Waals surface area contributed by atoms with Crippen molar-refractivity contribution < 1.29 is 4.74 Å². The van der Waals surface area contributed by atoms with E-state index in [0.717, 1.165) is 25.6 Å². The summed E-state index contributed by atoms with van der Waals surface area (Å²) in [6.07, 6.45) is 3.80. The zero-order valence-corrected chi connectivity index (χ0v) is 12.6. The molecule has 0 radical (unpaired) electrons. The predicted octanol–water partition coefficient (Wildman–Crippen LogP) is 2.27. The first-order chi connectivity index (χ1) is 8.36. The number of hydrogen-bond donors (Lipinski definition) is 1. The van der Waals surface area contributed by atoms with Crippen LogP contribution in [0.5, 0.6) is 0 Å². The highest BCUT2D eigenvalue weighted by atomic mass is 16.5. The summed E-state index contributed by atoms with van der Waals surface area (Å²) in [6.45, 7) is 14.7. The molecule has 2 fully saturated rings. The SMILES string of the molecule is CC(C)(C)NCC1CCN(CC2(C)CCCO2)C1. The molecule has 3 nitrogen and oxygen atoms in total. The van der Waals surface area contributed by atoms with Gasteiger partial charge in [-0.2, -0.15) is 0 Å². The maximum absolute atomic E-state index is 5.89. The number of nitrogens with zero attached hydrogens (tertiary/aromatic N) is 1. The van der Waals surface area contributed by atoms with Gasteiger partial charge in [-0.05, 0) is 66.0 Å². The predicted molar refractivity (Wildman–Crippen MR) is 75.9 cm³/mol. The van der Waals surface area contributed by atoms with Crippen molar-refractivity contribution in [3.63, 3.8) is 0 Å². The number of hydrogen-bond acceptors (Lipinski definition) is 3. The van der Waals surface area contributed by atoms with Crippen LogP contribution in [0.4, 0.5) is 0 Å². The molecule has 18 heavy (non-hydrogen) atoms. The van der Waals surface area contributed by atoms with Crippen LogP contribution in [0.1, 0.15) is 47.0 Å². The molecule has 2 saturated heterocycles. The second-order valence-corrected chi connectivity index (χ2v) is 7.42. The average Bonchev–Trinajstić information content (AvgIpc) is 2.84. The minimum absolute atomic E-state index is 0.131. The summed E-state index contributed by atoms with van der Waals surface area (Å²) in [6, 6.07) is 0. The van der Waals surface area contributed by atoms with Gasteiger partial charge in [0.2, 0.25) is 0 Å². The highest BCUT2D eigenvalue weighted by molar-refractivity contribution is 4.88. The van der Waals surface area contributed by atoms with Gasteiger partial charge in [-0.25, -0.2) is 0 Å². The maximum Gasteiger partial charge on any atom is 0.0781 e. The van der Waals surface area contributed by atoms with Crippen LogP contribution in [-0.4, -0.2) is 48.8 Å². The first kappa shape index (κ1) is 14.3. The third kappa shape index (κ3) is 4.22. The topological polar surface area (TPSA) is 24.5 Å². The van der Waals surface area contributed by atoms with Gasteiger partial charge in [0.1, 0.15) is 0 Å². The molecule has 0 saturated carbocycles. The van der Waals surface area contributed by atoms with Crippen LogP contribution in [0.25, 0.3) is 0 Å². The monoisotopic (exact) mass is 254 g/mol. The Balaban J connectivity index is 1.71. The van der Waals surface area contributed by atoms with Gasteiger partial charge in [-0.3, -0.25) is 0 Å². The molecule has 0 aromatic heterocycles. The van der Waals surface area contributed by atoms with Gasteiger partial charge in [-0.15, -0.1) is 0 Å². The Labute approximate surface area is 112 Å². The summed E-state index contributed by atoms with van der Waals surface area (Å²) in [5, 5.41) is 3.63. The molecule has 2 rings (SSSR count). The van der Waals surface area contributed by atoms with E-state index in [1.807, 2.05) is 0 Å². The molecule has 2 aliphatic heterocycles. The molecule has 2 aliphatic rings. The lowest BCUT2D eigenvalue weighted by atomic mass is 10.0. The van der Waals surface area contributed by atoms with Gasteiger partial charge >= 0.3 is 0 Å². The van der Waals surface area contributed by atoms with Crippen LogP contribution in [0.15, 0.2) is 0 Å². The lowest BCUT2D eigenvalue weighted by Gasteiger charge is -2.29. The molecule has 2 atom stereocenters. The summed E-state index contributed by atoms with van der Waals surface area (Å²) in [5.74, 6) is 0.814. The van der Waals surface area contributed by atoms with Crippen molar-refractivity contribution in [1.29, 1.82) is 0 Å². The molecular formula is C15H30N2O. The molecule has 106 valence electrons. The number of likely N-dealkylation sites (tertiary alicyclic amines) is 1. The lowest BCUT2D eigenvalue weighted by Crippen LogP contribution is -2.41. The van der Waals surface area contributed by atoms with E-state index in [4.69, 9.17) is 4.74 Å². The molecule has 0 bridgehead atoms. The van der Waals surface area contributed by atoms with E-state index < -0.39 is 0 Å². The van der Waals surface area contributed by atoms with Crippen molar-refractivity contribution in [2.24, 2.45) is 5.92 Å². The van der Waals surface area contributed by atoms with E-state index in [1.54, 1.807) is 0 Å². The largest absolute Gasteiger partial charge is 0.374 e. The number of rotatable bonds is 4. The molecule has 0 aliphatic carbocycles. The normalized spacial score (nSPS) is 34.3. The van der Waals surface area contributed by atoms with Crippen LogP contribution < -0.4 is 5.32 Å². The van der Waals surface area contributed by atoms with E-state index in [2.05, 4.69) is 37.9 Å². The second kappa shape index (κ2) is 5.48. The van der Waals surface area contributed by atoms with Crippen molar-refractivity contribution in [2.45, 2.75) is 58.1 Å². The van der Waals surface area contributed by atoms with E-state index in [1.165, 1.54) is 32.4 Å². The summed E-state index contributed by atoms with van der Waals surface area (Å²) in [4.78, 5) is 2.60. The third-order valence-corrected chi connectivity index (χ3v) is 4.15. The lowest BCUT2D eigenvalue weighted by molar-refractivity contribution is -0.00471. The van der Waals surface area contributed by atoms with E-state index in [9.17, 15) is 0 Å². The fourth-order valence-electron chi connectivity index (χ4n) is 3.11. The first-order valence-electron chi connectivity index (χ1n) is 7.48. The van der Waals surface area contributed by atoms with Crippen molar-refractivity contribution in [3.05, 3.63) is 0 Å². The highest BCUT2D eigenvalue weighted by Gasteiger charge is 2.34. The number of nitrogens with one attached hydrogen (secondary N) is 1. The molecule has 2 heterocycles. The minimum atomic E-state index is 0.131. The molecule has 0 aromatic carbocycles. The third-order valence-electron chi connectivity index (χ3n) is 4.15. The number of ether oxygens (including phenoxy) is 1. The summed E-state index contributed by atoms with van der Waals surface area (Å²) >= 11 is 0. The molecule has 3 heteroatoms. The molecule has 0 amide bonds. The van der Waals surface area contributed by atoms with Crippen molar-refractivity contribution in [2.75, 3.05) is 32.8 Å². The van der Waals surface area contributed by atoms with Gasteiger partial charge in [-0.1, -0.05) is 0 Å². The Hall–Kier alpha value is -0.120. The zero-order valence-electron chi connectivity index (χ0n) is 12.6. The van der Waals surface area contributed by atoms with Crippen molar-refractivity contribution in [1.82, 2.24) is 10.2 Å². The maximum atomic E-state index is 5.89. The first-order valence-corrected chi connectivity index (χ1v) is 7.48. The van der Waals surface area contributed by atoms with Gasteiger partial charge in [0.05, 0.1) is 5.60 Å². The van der Waals surface area contributed by atoms with Crippen LogP contribution >= 0.6 is 0 Å². The minimum Gasteiger partial charge on any atom is -0.374 e. The Morgan fingerprint density at radius 3 is 2.78 bits per heavy atom. The summed E-state index contributed by atoms with van der Waals surface area (Å²) in [7, 11) is 0. The van der Waals surface area contributed by atoms with Crippen LogP contribution in [0.3, 0.4) is 0 Å². The van der Waals surface area contributed by atoms with Crippen molar-refractivity contribution >= 4 is 0 Å². The quantitative estimate of drug-likeness (QED) is 0.833. The fourth-order valence-corrected chi connectivity index (χ4v) is 3.11. The van der Waals surface area contributed by atoms with Crippen LogP contribution in [0, 0.1) is 5.92 Å². The van der Waals surface area contributed by atoms with Crippen LogP contribution in [-0.2, 0) is 4.74 Å². The Bertz CT molecular complexity index is 266. The standard InChI is InChI=1S/C15H30N2O/c1-14(2,3)16-10-13-6-8-17(11-13)12-15(4)7-5-9-18-15/h13,16H,5-12H2,1-4H3. The smallest absolute Gasteiger partial charge is 0.0781 e. The Morgan fingerprint density at radius 2 is 2.17 bits per heavy atom. The Kier molecular flexibility index (Phi) is 4.35. The van der Waals surface area contributed by atoms with Crippen LogP contribution in [0.2, 0.25) is 0 Å². The second-order valence-electron chi connectivity index (χ2n) is 7.42. The molecule has 0 aromatic rings. The van der Waals surface area contributed by atoms with Gasteiger partial charge < -0.3 is 15.0 Å². The van der Waals surface area contributed by atoms with Gasteiger partial charge in [0.15, 0.2) is 0 Å². The van der Waals surface area contributed by atoms with Gasteiger partial charge in [0, 0.05) is 25.2 Å². The fraction of sp³-hybridized carbons (Fsp3) is 1.00. The summed E-state index contributed by atoms with van der Waals surface area (Å²) in [5.41, 5.74) is 0.375. The van der Waals surface area contributed by atoms with Gasteiger partial charge in [0.25, 0.3) is 0 Å². The average molecular weight is 254 g/mol. The molecule has 2 unspecified atom stereocenters. The zero-order chi connectivity index (χ0) is 13.2. The van der Waals surface area contributed by atoms with E-state index in [-0.39, 0.29) is 11.1 Å². The van der Waals surface area contributed by atoms with E-state index in [0.29, 0.717) is 0 Å². The Morgan fingerprint density at radius 1 is 1.39 bits per heavy atom. The van der Waals surface area contributed by atoms with Crippen molar-refractivity contribution in [3.8, 4) is 0 Å². The molecule has 0 spiro atoms. The van der Waals surface area contributed by atoms with E-state index >= 15 is 0 Å². The summed E-state index contributed by atoms with van der Waals surface area (Å²) < 4.78 is 5.89. The highest BCUT2D eigenvalue weighted by Crippen LogP contribution is 2.28. The molecular weight excluding hydrogens is 224 g/mol.